The predicted octanol–water partition coefficient (Wildman–Crippen LogP) is 6.19. The first-order valence-electron chi connectivity index (χ1n) is 7.01. The van der Waals surface area contributed by atoms with Gasteiger partial charge in [-0.1, -0.05) is 0 Å². The molecule has 0 fully saturated rings. The van der Waals surface area contributed by atoms with Gasteiger partial charge in [0.15, 0.2) is 0 Å². The van der Waals surface area contributed by atoms with E-state index in [1.165, 1.54) is 18.4 Å². The molecule has 0 N–H and O–H groups in total. The number of rotatable bonds is 8. The van der Waals surface area contributed by atoms with E-state index >= 15 is 0 Å². The Kier molecular flexibility index (Phi) is 5.85. The SMILES string of the molecule is CCCCCc1cccc(CCCP(C)(F)(F)F)c1. The Morgan fingerprint density at radius 3 is 2.05 bits per heavy atom. The Hall–Kier alpha value is -0.560. The van der Waals surface area contributed by atoms with Crippen LogP contribution >= 0.6 is 7.54 Å². The minimum absolute atomic E-state index is 0.218. The summed E-state index contributed by atoms with van der Waals surface area (Å²) in [4.78, 5) is 0. The Labute approximate surface area is 114 Å². The summed E-state index contributed by atoms with van der Waals surface area (Å²) in [5.74, 6) is 0. The van der Waals surface area contributed by atoms with Gasteiger partial charge in [0.2, 0.25) is 0 Å². The zero-order valence-electron chi connectivity index (χ0n) is 11.8. The molecule has 0 aliphatic carbocycles. The summed E-state index contributed by atoms with van der Waals surface area (Å²) < 4.78 is 38.6. The van der Waals surface area contributed by atoms with E-state index in [4.69, 9.17) is 0 Å². The summed E-state index contributed by atoms with van der Waals surface area (Å²) in [7, 11) is -5.81. The topological polar surface area (TPSA) is 0 Å². The molecule has 0 saturated carbocycles. The summed E-state index contributed by atoms with van der Waals surface area (Å²) in [5, 5.41) is 0. The first-order chi connectivity index (χ1) is 8.76. The summed E-state index contributed by atoms with van der Waals surface area (Å²) in [5.41, 5.74) is 2.29. The molecule has 0 atom stereocenters. The van der Waals surface area contributed by atoms with Gasteiger partial charge in [0.05, 0.1) is 0 Å². The van der Waals surface area contributed by atoms with Crippen molar-refractivity contribution in [2.75, 3.05) is 12.8 Å². The molecule has 19 heavy (non-hydrogen) atoms. The molecule has 4 heteroatoms. The third-order valence-electron chi connectivity index (χ3n) is 3.16. The Morgan fingerprint density at radius 1 is 0.947 bits per heavy atom. The molecule has 1 aromatic rings. The quantitative estimate of drug-likeness (QED) is 0.396. The van der Waals surface area contributed by atoms with Crippen LogP contribution in [0.5, 0.6) is 0 Å². The zero-order chi connectivity index (χ0) is 14.4. The summed E-state index contributed by atoms with van der Waals surface area (Å²) >= 11 is 0. The van der Waals surface area contributed by atoms with Crippen molar-refractivity contribution in [3.63, 3.8) is 0 Å². The van der Waals surface area contributed by atoms with Gasteiger partial charge in [-0.3, -0.25) is 0 Å². The number of aryl methyl sites for hydroxylation is 2. The molecule has 0 aliphatic heterocycles. The van der Waals surface area contributed by atoms with Gasteiger partial charge >= 0.3 is 114 Å². The van der Waals surface area contributed by atoms with Crippen molar-refractivity contribution in [2.45, 2.75) is 45.4 Å². The van der Waals surface area contributed by atoms with Crippen LogP contribution in [-0.4, -0.2) is 12.8 Å². The molecule has 0 aliphatic rings. The number of hydrogen-bond donors (Lipinski definition) is 0. The van der Waals surface area contributed by atoms with Crippen LogP contribution < -0.4 is 0 Å². The minimum atomic E-state index is -5.81. The van der Waals surface area contributed by atoms with Gasteiger partial charge < -0.3 is 0 Å². The van der Waals surface area contributed by atoms with Crippen molar-refractivity contribution in [1.82, 2.24) is 0 Å². The van der Waals surface area contributed by atoms with Gasteiger partial charge in [0.25, 0.3) is 0 Å². The van der Waals surface area contributed by atoms with Crippen molar-refractivity contribution in [3.05, 3.63) is 35.4 Å². The van der Waals surface area contributed by atoms with Crippen molar-refractivity contribution in [2.24, 2.45) is 0 Å². The molecule has 0 nitrogen and oxygen atoms in total. The van der Waals surface area contributed by atoms with E-state index < -0.39 is 13.7 Å². The summed E-state index contributed by atoms with van der Waals surface area (Å²) in [6.07, 6.45) is 4.75. The molecule has 0 amide bonds. The fourth-order valence-electron chi connectivity index (χ4n) is 2.14. The van der Waals surface area contributed by atoms with Crippen LogP contribution in [0, 0.1) is 0 Å². The maximum absolute atomic E-state index is 12.9. The van der Waals surface area contributed by atoms with E-state index in [0.717, 1.165) is 18.4 Å². The number of halogens is 3. The van der Waals surface area contributed by atoms with E-state index in [9.17, 15) is 12.6 Å². The van der Waals surface area contributed by atoms with E-state index in [2.05, 4.69) is 19.1 Å². The zero-order valence-corrected chi connectivity index (χ0v) is 12.7. The van der Waals surface area contributed by atoms with Gasteiger partial charge in [-0.05, 0) is 0 Å². The van der Waals surface area contributed by atoms with Crippen molar-refractivity contribution in [1.29, 1.82) is 0 Å². The molecule has 0 saturated heterocycles. The second-order valence-corrected chi connectivity index (χ2v) is 8.67. The van der Waals surface area contributed by atoms with E-state index in [1.807, 2.05) is 12.1 Å². The van der Waals surface area contributed by atoms with Crippen LogP contribution in [0.3, 0.4) is 0 Å². The third-order valence-corrected chi connectivity index (χ3v) is 4.43. The molecular weight excluding hydrogens is 268 g/mol. The molecule has 0 heterocycles. The molecule has 0 unspecified atom stereocenters. The first kappa shape index (κ1) is 16.5. The molecule has 0 bridgehead atoms. The fraction of sp³-hybridized carbons (Fsp3) is 0.600. The second kappa shape index (κ2) is 6.74. The summed E-state index contributed by atoms with van der Waals surface area (Å²) in [6.45, 7) is 2.64. The van der Waals surface area contributed by atoms with Gasteiger partial charge in [-0.25, -0.2) is 0 Å². The first-order valence-corrected chi connectivity index (χ1v) is 9.55. The second-order valence-electron chi connectivity index (χ2n) is 5.48. The van der Waals surface area contributed by atoms with Gasteiger partial charge in [0, 0.05) is 0 Å². The van der Waals surface area contributed by atoms with Crippen LogP contribution in [0.15, 0.2) is 24.3 Å². The van der Waals surface area contributed by atoms with Crippen LogP contribution in [0.1, 0.15) is 43.7 Å². The van der Waals surface area contributed by atoms with Crippen LogP contribution in [-0.2, 0) is 12.8 Å². The van der Waals surface area contributed by atoms with Crippen LogP contribution in [0.25, 0.3) is 0 Å². The van der Waals surface area contributed by atoms with E-state index in [-0.39, 0.29) is 6.42 Å². The molecule has 1 aromatic carbocycles. The van der Waals surface area contributed by atoms with Crippen molar-refractivity contribution in [3.8, 4) is 0 Å². The number of unbranched alkanes of at least 4 members (excludes halogenated alkanes) is 2. The Morgan fingerprint density at radius 2 is 1.53 bits per heavy atom. The van der Waals surface area contributed by atoms with Crippen molar-refractivity contribution < 1.29 is 12.6 Å². The maximum atomic E-state index is 12.9. The third kappa shape index (κ3) is 8.26. The Bertz CT molecular complexity index is 387. The molecular formula is C15H24F3P. The van der Waals surface area contributed by atoms with Crippen LogP contribution in [0.2, 0.25) is 0 Å². The monoisotopic (exact) mass is 292 g/mol. The molecule has 1 rings (SSSR count). The van der Waals surface area contributed by atoms with Gasteiger partial charge in [-0.2, -0.15) is 0 Å². The number of benzene rings is 1. The Balaban J connectivity index is 2.44. The van der Waals surface area contributed by atoms with E-state index in [1.54, 1.807) is 0 Å². The number of hydrogen-bond acceptors (Lipinski definition) is 0. The average molecular weight is 292 g/mol. The normalized spacial score (nSPS) is 14.1. The van der Waals surface area contributed by atoms with Crippen LogP contribution in [0.4, 0.5) is 12.6 Å². The van der Waals surface area contributed by atoms with Crippen molar-refractivity contribution >= 4 is 7.54 Å². The predicted molar refractivity (Wildman–Crippen MR) is 79.0 cm³/mol. The molecule has 0 spiro atoms. The van der Waals surface area contributed by atoms with Gasteiger partial charge in [0.1, 0.15) is 0 Å². The van der Waals surface area contributed by atoms with E-state index in [0.29, 0.717) is 13.1 Å². The summed E-state index contributed by atoms with van der Waals surface area (Å²) in [6, 6.07) is 8.03. The molecule has 0 radical (unpaired) electrons. The molecule has 110 valence electrons. The van der Waals surface area contributed by atoms with Gasteiger partial charge in [-0.15, -0.1) is 0 Å². The fourth-order valence-corrected chi connectivity index (χ4v) is 2.97. The standard InChI is InChI=1S/C15H24F3P/c1-3-4-5-8-14-9-6-10-15(13-14)11-7-12-19(2,16,17)18/h6,9-10,13H,3-5,7-8,11-12H2,1-2H3. The molecule has 0 aromatic heterocycles. The average Bonchev–Trinajstić information content (AvgIpc) is 2.27.